The van der Waals surface area contributed by atoms with E-state index in [1.807, 2.05) is 0 Å². The summed E-state index contributed by atoms with van der Waals surface area (Å²) in [5, 5.41) is 6.48. The highest BCUT2D eigenvalue weighted by molar-refractivity contribution is 5.92. The summed E-state index contributed by atoms with van der Waals surface area (Å²) in [4.78, 5) is 14.2. The van der Waals surface area contributed by atoms with Gasteiger partial charge in [-0.3, -0.25) is 9.89 Å². The first-order valence-electron chi connectivity index (χ1n) is 8.38. The van der Waals surface area contributed by atoms with Gasteiger partial charge in [0.2, 0.25) is 0 Å². The van der Waals surface area contributed by atoms with Gasteiger partial charge >= 0.3 is 6.18 Å². The molecule has 1 fully saturated rings. The van der Waals surface area contributed by atoms with Crippen LogP contribution in [0.1, 0.15) is 40.9 Å². The number of aromatic nitrogens is 2. The lowest BCUT2D eigenvalue weighted by atomic mass is 9.91. The van der Waals surface area contributed by atoms with Gasteiger partial charge in [-0.15, -0.1) is 0 Å². The van der Waals surface area contributed by atoms with Gasteiger partial charge in [0.05, 0.1) is 5.56 Å². The first-order valence-corrected chi connectivity index (χ1v) is 8.38. The minimum absolute atomic E-state index is 0.0683. The maximum Gasteiger partial charge on any atom is 0.416 e. The zero-order valence-corrected chi connectivity index (χ0v) is 13.7. The molecular weight excluding hydrogens is 331 g/mol. The molecule has 1 aliphatic rings. The van der Waals surface area contributed by atoms with Gasteiger partial charge in [0, 0.05) is 19.3 Å². The molecule has 0 spiro atoms. The van der Waals surface area contributed by atoms with Crippen molar-refractivity contribution in [3.8, 4) is 0 Å². The molecular formula is C18H20F3N3O. The predicted molar refractivity (Wildman–Crippen MR) is 87.0 cm³/mol. The summed E-state index contributed by atoms with van der Waals surface area (Å²) in [5.74, 6) is 0.233. The van der Waals surface area contributed by atoms with Gasteiger partial charge in [0.15, 0.2) is 0 Å². The molecule has 0 radical (unpaired) electrons. The van der Waals surface area contributed by atoms with Crippen molar-refractivity contribution in [1.82, 2.24) is 15.1 Å². The van der Waals surface area contributed by atoms with Crippen molar-refractivity contribution >= 4 is 5.91 Å². The quantitative estimate of drug-likeness (QED) is 0.908. The number of amides is 1. The maximum atomic E-state index is 12.8. The number of benzene rings is 1. The lowest BCUT2D eigenvalue weighted by Gasteiger charge is -2.32. The van der Waals surface area contributed by atoms with Crippen LogP contribution in [-0.4, -0.2) is 34.1 Å². The van der Waals surface area contributed by atoms with Crippen LogP contribution < -0.4 is 0 Å². The van der Waals surface area contributed by atoms with Crippen LogP contribution in [0.3, 0.4) is 0 Å². The van der Waals surface area contributed by atoms with Crippen molar-refractivity contribution in [2.24, 2.45) is 5.92 Å². The number of piperidine rings is 1. The van der Waals surface area contributed by atoms with Crippen LogP contribution in [0.5, 0.6) is 0 Å². The van der Waals surface area contributed by atoms with Crippen LogP contribution in [0.25, 0.3) is 0 Å². The fraction of sp³-hybridized carbons (Fsp3) is 0.444. The summed E-state index contributed by atoms with van der Waals surface area (Å²) < 4.78 is 38.4. The Hall–Kier alpha value is -2.31. The standard InChI is InChI=1S/C18H20F3N3O/c19-18(20,21)15-5-1-3-13(11-15)6-7-14-4-2-10-24(12-14)17(25)16-8-9-22-23-16/h1,3,5,8-9,11,14H,2,4,6-7,10,12H2,(H,22,23). The second kappa shape index (κ2) is 7.29. The topological polar surface area (TPSA) is 49.0 Å². The number of hydrogen-bond donors (Lipinski definition) is 1. The number of nitrogens with zero attached hydrogens (tertiary/aromatic N) is 2. The molecule has 1 aromatic carbocycles. The smallest absolute Gasteiger partial charge is 0.337 e. The van der Waals surface area contributed by atoms with E-state index in [0.717, 1.165) is 25.3 Å². The fourth-order valence-electron chi connectivity index (χ4n) is 3.30. The predicted octanol–water partition coefficient (Wildman–Crippen LogP) is 3.91. The van der Waals surface area contributed by atoms with Crippen molar-refractivity contribution in [1.29, 1.82) is 0 Å². The molecule has 1 atom stereocenters. The molecule has 1 aliphatic heterocycles. The third-order valence-corrected chi connectivity index (χ3v) is 4.63. The van der Waals surface area contributed by atoms with E-state index in [4.69, 9.17) is 0 Å². The Kier molecular flexibility index (Phi) is 5.11. The number of nitrogens with one attached hydrogen (secondary N) is 1. The molecule has 0 bridgehead atoms. The number of carbonyl (C=O) groups excluding carboxylic acids is 1. The van der Waals surface area contributed by atoms with Gasteiger partial charge in [-0.1, -0.05) is 18.2 Å². The number of aromatic amines is 1. The molecule has 1 aromatic heterocycles. The van der Waals surface area contributed by atoms with Crippen LogP contribution in [0.2, 0.25) is 0 Å². The van der Waals surface area contributed by atoms with Gasteiger partial charge in [-0.2, -0.15) is 18.3 Å². The van der Waals surface area contributed by atoms with E-state index in [9.17, 15) is 18.0 Å². The monoisotopic (exact) mass is 351 g/mol. The average Bonchev–Trinajstić information content (AvgIpc) is 3.14. The normalized spacial score (nSPS) is 18.4. The van der Waals surface area contributed by atoms with Crippen LogP contribution in [0.15, 0.2) is 36.5 Å². The maximum absolute atomic E-state index is 12.8. The van der Waals surface area contributed by atoms with E-state index in [-0.39, 0.29) is 5.91 Å². The Labute approximate surface area is 144 Å². The average molecular weight is 351 g/mol. The summed E-state index contributed by atoms with van der Waals surface area (Å²) in [6.45, 7) is 1.34. The second-order valence-electron chi connectivity index (χ2n) is 6.47. The van der Waals surface area contributed by atoms with Gasteiger partial charge in [-0.25, -0.2) is 0 Å². The Morgan fingerprint density at radius 2 is 2.16 bits per heavy atom. The molecule has 1 unspecified atom stereocenters. The minimum atomic E-state index is -4.31. The molecule has 0 saturated carbocycles. The number of aryl methyl sites for hydroxylation is 1. The highest BCUT2D eigenvalue weighted by Crippen LogP contribution is 2.30. The Morgan fingerprint density at radius 3 is 2.88 bits per heavy atom. The van der Waals surface area contributed by atoms with Gasteiger partial charge in [-0.05, 0) is 49.3 Å². The lowest BCUT2D eigenvalue weighted by molar-refractivity contribution is -0.137. The molecule has 2 heterocycles. The third kappa shape index (κ3) is 4.41. The number of carbonyl (C=O) groups is 1. The summed E-state index contributed by atoms with van der Waals surface area (Å²) in [7, 11) is 0. The zero-order valence-electron chi connectivity index (χ0n) is 13.7. The van der Waals surface area contributed by atoms with E-state index in [2.05, 4.69) is 10.2 Å². The molecule has 1 amide bonds. The van der Waals surface area contributed by atoms with Crippen LogP contribution in [0, 0.1) is 5.92 Å². The van der Waals surface area contributed by atoms with E-state index in [0.29, 0.717) is 36.7 Å². The summed E-state index contributed by atoms with van der Waals surface area (Å²) >= 11 is 0. The number of likely N-dealkylation sites (tertiary alicyclic amines) is 1. The number of rotatable bonds is 4. The van der Waals surface area contributed by atoms with Crippen LogP contribution in [-0.2, 0) is 12.6 Å². The number of alkyl halides is 3. The SMILES string of the molecule is O=C(c1ccn[nH]1)N1CCCC(CCc2cccc(C(F)(F)F)c2)C1. The van der Waals surface area contributed by atoms with Crippen molar-refractivity contribution < 1.29 is 18.0 Å². The molecule has 1 N–H and O–H groups in total. The Bertz CT molecular complexity index is 713. The van der Waals surface area contributed by atoms with Gasteiger partial charge in [0.25, 0.3) is 5.91 Å². The minimum Gasteiger partial charge on any atom is -0.337 e. The highest BCUT2D eigenvalue weighted by atomic mass is 19.4. The number of hydrogen-bond acceptors (Lipinski definition) is 2. The highest BCUT2D eigenvalue weighted by Gasteiger charge is 2.30. The van der Waals surface area contributed by atoms with Crippen molar-refractivity contribution in [2.75, 3.05) is 13.1 Å². The zero-order chi connectivity index (χ0) is 17.9. The van der Waals surface area contributed by atoms with E-state index >= 15 is 0 Å². The number of H-pyrrole nitrogens is 1. The Balaban J connectivity index is 1.57. The van der Waals surface area contributed by atoms with Gasteiger partial charge in [0.1, 0.15) is 5.69 Å². The van der Waals surface area contributed by atoms with E-state index in [1.165, 1.54) is 12.1 Å². The summed E-state index contributed by atoms with van der Waals surface area (Å²) in [5.41, 5.74) is 0.551. The molecule has 25 heavy (non-hydrogen) atoms. The summed E-state index contributed by atoms with van der Waals surface area (Å²) in [6.07, 6.45) is 0.490. The molecule has 1 saturated heterocycles. The first kappa shape index (κ1) is 17.5. The van der Waals surface area contributed by atoms with Crippen LogP contribution >= 0.6 is 0 Å². The molecule has 3 rings (SSSR count). The second-order valence-corrected chi connectivity index (χ2v) is 6.47. The lowest BCUT2D eigenvalue weighted by Crippen LogP contribution is -2.40. The van der Waals surface area contributed by atoms with Crippen molar-refractivity contribution in [3.63, 3.8) is 0 Å². The third-order valence-electron chi connectivity index (χ3n) is 4.63. The molecule has 7 heteroatoms. The molecule has 0 aliphatic carbocycles. The molecule has 134 valence electrons. The molecule has 4 nitrogen and oxygen atoms in total. The van der Waals surface area contributed by atoms with Gasteiger partial charge < -0.3 is 4.90 Å². The van der Waals surface area contributed by atoms with E-state index < -0.39 is 11.7 Å². The Morgan fingerprint density at radius 1 is 1.32 bits per heavy atom. The van der Waals surface area contributed by atoms with E-state index in [1.54, 1.807) is 23.2 Å². The van der Waals surface area contributed by atoms with Crippen molar-refractivity contribution in [3.05, 3.63) is 53.3 Å². The molecule has 2 aromatic rings. The first-order chi connectivity index (χ1) is 11.9. The largest absolute Gasteiger partial charge is 0.416 e. The summed E-state index contributed by atoms with van der Waals surface area (Å²) in [6, 6.07) is 7.14. The van der Waals surface area contributed by atoms with Crippen LogP contribution in [0.4, 0.5) is 13.2 Å². The fourth-order valence-corrected chi connectivity index (χ4v) is 3.30. The van der Waals surface area contributed by atoms with Crippen molar-refractivity contribution in [2.45, 2.75) is 31.9 Å². The number of halogens is 3.